The Hall–Kier alpha value is -0.850. The Morgan fingerprint density at radius 3 is 2.42 bits per heavy atom. The Kier molecular flexibility index (Phi) is 4.32. The van der Waals surface area contributed by atoms with Gasteiger partial charge in [0.2, 0.25) is 0 Å². The van der Waals surface area contributed by atoms with Gasteiger partial charge in [-0.3, -0.25) is 0 Å². The van der Waals surface area contributed by atoms with Crippen LogP contribution in [0.2, 0.25) is 0 Å². The van der Waals surface area contributed by atoms with Gasteiger partial charge in [0.25, 0.3) is 0 Å². The van der Waals surface area contributed by atoms with Crippen molar-refractivity contribution in [3.05, 3.63) is 0 Å². The second kappa shape index (κ2) is 5.64. The molecule has 1 aliphatic heterocycles. The molecule has 2 fully saturated rings. The van der Waals surface area contributed by atoms with Crippen LogP contribution in [0.4, 0.5) is 0 Å². The zero-order valence-corrected chi connectivity index (χ0v) is 11.6. The van der Waals surface area contributed by atoms with E-state index < -0.39 is 5.60 Å². The van der Waals surface area contributed by atoms with Crippen LogP contribution in [0.3, 0.4) is 0 Å². The van der Waals surface area contributed by atoms with Crippen molar-refractivity contribution in [2.24, 2.45) is 16.3 Å². The van der Waals surface area contributed by atoms with E-state index in [4.69, 9.17) is 15.7 Å². The lowest BCUT2D eigenvalue weighted by Gasteiger charge is -2.36. The van der Waals surface area contributed by atoms with Gasteiger partial charge in [-0.05, 0) is 25.3 Å². The fourth-order valence-electron chi connectivity index (χ4n) is 3.03. The van der Waals surface area contributed by atoms with Crippen LogP contribution in [0.1, 0.15) is 32.1 Å². The normalized spacial score (nSPS) is 25.5. The van der Waals surface area contributed by atoms with E-state index in [0.717, 1.165) is 19.4 Å². The number of hydrogen-bond acceptors (Lipinski definition) is 5. The number of oxime groups is 1. The lowest BCUT2D eigenvalue weighted by molar-refractivity contribution is -0.0783. The van der Waals surface area contributed by atoms with Crippen molar-refractivity contribution in [2.75, 3.05) is 33.4 Å². The summed E-state index contributed by atoms with van der Waals surface area (Å²) >= 11 is 0. The van der Waals surface area contributed by atoms with Crippen LogP contribution in [0.5, 0.6) is 0 Å². The van der Waals surface area contributed by atoms with Crippen molar-refractivity contribution >= 4 is 5.84 Å². The molecule has 0 unspecified atom stereocenters. The molecule has 1 saturated carbocycles. The van der Waals surface area contributed by atoms with Crippen LogP contribution in [0.25, 0.3) is 0 Å². The smallest absolute Gasteiger partial charge is 0.139 e. The Bertz CT molecular complexity index is 336. The quantitative estimate of drug-likeness (QED) is 0.281. The monoisotopic (exact) mass is 271 g/mol. The third-order valence-electron chi connectivity index (χ3n) is 4.23. The minimum atomic E-state index is -0.625. The summed E-state index contributed by atoms with van der Waals surface area (Å²) in [5.41, 5.74) is 5.12. The molecule has 0 aromatic heterocycles. The van der Waals surface area contributed by atoms with Gasteiger partial charge in [-0.15, -0.1) is 0 Å². The molecule has 2 aliphatic rings. The van der Waals surface area contributed by atoms with Crippen molar-refractivity contribution in [3.63, 3.8) is 0 Å². The molecule has 19 heavy (non-hydrogen) atoms. The van der Waals surface area contributed by atoms with Gasteiger partial charge >= 0.3 is 0 Å². The van der Waals surface area contributed by atoms with Gasteiger partial charge in [0.15, 0.2) is 0 Å². The molecule has 1 heterocycles. The maximum atomic E-state index is 10.5. The topological polar surface area (TPSA) is 91.3 Å². The highest BCUT2D eigenvalue weighted by Crippen LogP contribution is 2.49. The highest BCUT2D eigenvalue weighted by Gasteiger charge is 2.45. The van der Waals surface area contributed by atoms with Gasteiger partial charge < -0.3 is 25.7 Å². The average Bonchev–Trinajstić information content (AvgIpc) is 3.08. The van der Waals surface area contributed by atoms with E-state index in [1.165, 1.54) is 0 Å². The third-order valence-corrected chi connectivity index (χ3v) is 4.23. The predicted octanol–water partition coefficient (Wildman–Crippen LogP) is 0.376. The lowest BCUT2D eigenvalue weighted by Crippen LogP contribution is -2.47. The van der Waals surface area contributed by atoms with Crippen molar-refractivity contribution in [1.82, 2.24) is 4.90 Å². The molecule has 1 aliphatic carbocycles. The van der Waals surface area contributed by atoms with Gasteiger partial charge in [0.05, 0.1) is 5.60 Å². The first kappa shape index (κ1) is 14.6. The molecule has 0 spiro atoms. The molecule has 0 radical (unpaired) electrons. The maximum Gasteiger partial charge on any atom is 0.139 e. The molecule has 0 aromatic carbocycles. The molecule has 1 saturated heterocycles. The Labute approximate surface area is 114 Å². The highest BCUT2D eigenvalue weighted by molar-refractivity contribution is 5.80. The second-order valence-electron chi connectivity index (χ2n) is 6.28. The molecule has 2 rings (SSSR count). The predicted molar refractivity (Wildman–Crippen MR) is 72.2 cm³/mol. The summed E-state index contributed by atoms with van der Waals surface area (Å²) < 4.78 is 5.29. The summed E-state index contributed by atoms with van der Waals surface area (Å²) in [6.07, 6.45) is 4.24. The summed E-state index contributed by atoms with van der Waals surface area (Å²) in [5.74, 6) is 0.302. The van der Waals surface area contributed by atoms with Crippen molar-refractivity contribution in [3.8, 4) is 0 Å². The summed E-state index contributed by atoms with van der Waals surface area (Å²) in [6, 6.07) is 0. The number of aliphatic hydroxyl groups is 1. The van der Waals surface area contributed by atoms with E-state index in [9.17, 15) is 5.11 Å². The lowest BCUT2D eigenvalue weighted by atomic mass is 9.93. The average molecular weight is 271 g/mol. The van der Waals surface area contributed by atoms with Crippen molar-refractivity contribution < 1.29 is 15.1 Å². The first-order valence-electron chi connectivity index (χ1n) is 6.92. The summed E-state index contributed by atoms with van der Waals surface area (Å²) in [5, 5.41) is 22.2. The van der Waals surface area contributed by atoms with Gasteiger partial charge in [-0.25, -0.2) is 0 Å². The standard InChI is InChI=1S/C13H25N3O3/c1-16(10-13(17)4-6-19-7-5-13)9-12(2-3-12)8-11(14)15-18/h17-18H,2-10H2,1H3,(H2,14,15). The van der Waals surface area contributed by atoms with Crippen LogP contribution in [0.15, 0.2) is 5.16 Å². The third kappa shape index (κ3) is 4.06. The highest BCUT2D eigenvalue weighted by atomic mass is 16.5. The number of ether oxygens (including phenoxy) is 1. The molecular formula is C13H25N3O3. The molecule has 4 N–H and O–H groups in total. The van der Waals surface area contributed by atoms with Crippen LogP contribution in [0, 0.1) is 5.41 Å². The van der Waals surface area contributed by atoms with Crippen molar-refractivity contribution in [2.45, 2.75) is 37.7 Å². The first-order valence-corrected chi connectivity index (χ1v) is 6.92. The van der Waals surface area contributed by atoms with E-state index in [1.54, 1.807) is 0 Å². The minimum absolute atomic E-state index is 0.145. The Morgan fingerprint density at radius 2 is 1.89 bits per heavy atom. The number of nitrogens with zero attached hydrogens (tertiary/aromatic N) is 2. The van der Waals surface area contributed by atoms with Crippen LogP contribution >= 0.6 is 0 Å². The summed E-state index contributed by atoms with van der Waals surface area (Å²) in [7, 11) is 2.03. The molecule has 0 atom stereocenters. The Balaban J connectivity index is 1.82. The summed E-state index contributed by atoms with van der Waals surface area (Å²) in [6.45, 7) is 2.82. The molecule has 110 valence electrons. The van der Waals surface area contributed by atoms with Crippen LogP contribution in [-0.4, -0.2) is 60.0 Å². The Morgan fingerprint density at radius 1 is 1.26 bits per heavy atom. The number of amidine groups is 1. The fraction of sp³-hybridized carbons (Fsp3) is 0.923. The largest absolute Gasteiger partial charge is 0.409 e. The van der Waals surface area contributed by atoms with E-state index in [1.807, 2.05) is 7.05 Å². The van der Waals surface area contributed by atoms with Gasteiger partial charge in [0, 0.05) is 45.6 Å². The number of rotatable bonds is 6. The zero-order valence-electron chi connectivity index (χ0n) is 11.6. The van der Waals surface area contributed by atoms with Crippen LogP contribution < -0.4 is 5.73 Å². The maximum absolute atomic E-state index is 10.5. The molecule has 0 aromatic rings. The number of likely N-dealkylation sites (N-methyl/N-ethyl adjacent to an activating group) is 1. The summed E-state index contributed by atoms with van der Waals surface area (Å²) in [4.78, 5) is 2.17. The SMILES string of the molecule is CN(CC1(O)CCOCC1)CC1(CC(N)=NO)CC1. The first-order chi connectivity index (χ1) is 8.97. The van der Waals surface area contributed by atoms with Crippen LogP contribution in [-0.2, 0) is 4.74 Å². The van der Waals surface area contributed by atoms with E-state index in [-0.39, 0.29) is 5.41 Å². The second-order valence-corrected chi connectivity index (χ2v) is 6.28. The van der Waals surface area contributed by atoms with Gasteiger partial charge in [0.1, 0.15) is 5.84 Å². The minimum Gasteiger partial charge on any atom is -0.409 e. The van der Waals surface area contributed by atoms with E-state index in [2.05, 4.69) is 10.1 Å². The van der Waals surface area contributed by atoms with E-state index in [0.29, 0.717) is 44.9 Å². The zero-order chi connectivity index (χ0) is 13.9. The number of nitrogens with two attached hydrogens (primary N) is 1. The van der Waals surface area contributed by atoms with Gasteiger partial charge in [-0.1, -0.05) is 5.16 Å². The molecule has 0 amide bonds. The van der Waals surface area contributed by atoms with Crippen molar-refractivity contribution in [1.29, 1.82) is 0 Å². The fourth-order valence-corrected chi connectivity index (χ4v) is 3.03. The molecule has 6 heteroatoms. The molecule has 6 nitrogen and oxygen atoms in total. The van der Waals surface area contributed by atoms with E-state index >= 15 is 0 Å². The molecular weight excluding hydrogens is 246 g/mol. The van der Waals surface area contributed by atoms with Gasteiger partial charge in [-0.2, -0.15) is 0 Å². The number of hydrogen-bond donors (Lipinski definition) is 3. The molecule has 0 bridgehead atoms.